The topological polar surface area (TPSA) is 62.7 Å². The number of carbonyl (C=O) groups is 1. The fourth-order valence-electron chi connectivity index (χ4n) is 1.92. The van der Waals surface area contributed by atoms with Crippen LogP contribution in [0.1, 0.15) is 37.8 Å². The Morgan fingerprint density at radius 3 is 2.74 bits per heavy atom. The normalized spacial score (nSPS) is 11.2. The summed E-state index contributed by atoms with van der Waals surface area (Å²) in [7, 11) is 0. The second-order valence-electron chi connectivity index (χ2n) is 5.11. The summed E-state index contributed by atoms with van der Waals surface area (Å²) in [5.41, 5.74) is 1.44. The van der Waals surface area contributed by atoms with Gasteiger partial charge in [-0.1, -0.05) is 12.1 Å². The summed E-state index contributed by atoms with van der Waals surface area (Å²) in [6.45, 7) is 7.64. The first-order valence-electron chi connectivity index (χ1n) is 7.99. The van der Waals surface area contributed by atoms with Gasteiger partial charge in [0.25, 0.3) is 0 Å². The highest BCUT2D eigenvalue weighted by atomic mass is 19.1. The lowest BCUT2D eigenvalue weighted by atomic mass is 10.1. The molecule has 0 bridgehead atoms. The van der Waals surface area contributed by atoms with Gasteiger partial charge in [-0.05, 0) is 44.4 Å². The first kappa shape index (κ1) is 18.9. The van der Waals surface area contributed by atoms with Gasteiger partial charge in [0, 0.05) is 19.5 Å². The van der Waals surface area contributed by atoms with Crippen LogP contribution in [-0.2, 0) is 16.1 Å². The highest BCUT2D eigenvalue weighted by Crippen LogP contribution is 2.09. The minimum atomic E-state index is -0.218. The molecule has 1 rings (SSSR count). The Kier molecular flexibility index (Phi) is 8.72. The van der Waals surface area contributed by atoms with Crippen molar-refractivity contribution in [3.05, 3.63) is 35.1 Å². The average molecular weight is 323 g/mol. The second kappa shape index (κ2) is 10.6. The SMILES string of the molecule is CCNC(=NCc1ccc(C)c(F)c1)NCCCC(=O)OCC. The number of hydrogen-bond donors (Lipinski definition) is 2. The maximum absolute atomic E-state index is 13.5. The van der Waals surface area contributed by atoms with Crippen molar-refractivity contribution in [3.63, 3.8) is 0 Å². The molecule has 0 unspecified atom stereocenters. The summed E-state index contributed by atoms with van der Waals surface area (Å²) in [6, 6.07) is 5.12. The van der Waals surface area contributed by atoms with E-state index >= 15 is 0 Å². The van der Waals surface area contributed by atoms with E-state index in [2.05, 4.69) is 15.6 Å². The van der Waals surface area contributed by atoms with Gasteiger partial charge in [-0.25, -0.2) is 9.38 Å². The zero-order chi connectivity index (χ0) is 17.1. The highest BCUT2D eigenvalue weighted by Gasteiger charge is 2.03. The molecule has 0 aliphatic carbocycles. The first-order valence-corrected chi connectivity index (χ1v) is 7.99. The number of benzene rings is 1. The van der Waals surface area contributed by atoms with Crippen molar-refractivity contribution in [2.45, 2.75) is 40.2 Å². The van der Waals surface area contributed by atoms with Crippen LogP contribution in [0.15, 0.2) is 23.2 Å². The van der Waals surface area contributed by atoms with Crippen LogP contribution in [0.3, 0.4) is 0 Å². The maximum atomic E-state index is 13.5. The van der Waals surface area contributed by atoms with E-state index in [9.17, 15) is 9.18 Å². The van der Waals surface area contributed by atoms with Gasteiger partial charge in [0.05, 0.1) is 13.2 Å². The van der Waals surface area contributed by atoms with Crippen LogP contribution in [0.25, 0.3) is 0 Å². The number of hydrogen-bond acceptors (Lipinski definition) is 3. The number of rotatable bonds is 8. The van der Waals surface area contributed by atoms with Crippen molar-refractivity contribution in [1.29, 1.82) is 0 Å². The minimum Gasteiger partial charge on any atom is -0.466 e. The molecule has 2 N–H and O–H groups in total. The summed E-state index contributed by atoms with van der Waals surface area (Å²) in [6.07, 6.45) is 1.05. The molecule has 128 valence electrons. The highest BCUT2D eigenvalue weighted by molar-refractivity contribution is 5.79. The van der Waals surface area contributed by atoms with Crippen LogP contribution >= 0.6 is 0 Å². The van der Waals surface area contributed by atoms with Gasteiger partial charge in [-0.15, -0.1) is 0 Å². The summed E-state index contributed by atoms with van der Waals surface area (Å²) in [4.78, 5) is 15.7. The molecule has 0 fully saturated rings. The van der Waals surface area contributed by atoms with Crippen LogP contribution in [-0.4, -0.2) is 31.6 Å². The molecule has 0 saturated heterocycles. The van der Waals surface area contributed by atoms with E-state index in [4.69, 9.17) is 4.74 Å². The van der Waals surface area contributed by atoms with Crippen molar-refractivity contribution >= 4 is 11.9 Å². The van der Waals surface area contributed by atoms with E-state index in [-0.39, 0.29) is 11.8 Å². The number of esters is 1. The molecule has 0 aromatic heterocycles. The zero-order valence-electron chi connectivity index (χ0n) is 14.1. The maximum Gasteiger partial charge on any atom is 0.305 e. The van der Waals surface area contributed by atoms with E-state index in [0.29, 0.717) is 44.1 Å². The monoisotopic (exact) mass is 323 g/mol. The van der Waals surface area contributed by atoms with Crippen molar-refractivity contribution in [2.24, 2.45) is 4.99 Å². The fraction of sp³-hybridized carbons (Fsp3) is 0.529. The molecule has 0 saturated carbocycles. The quantitative estimate of drug-likeness (QED) is 0.334. The van der Waals surface area contributed by atoms with Crippen molar-refractivity contribution < 1.29 is 13.9 Å². The molecule has 1 aromatic carbocycles. The smallest absolute Gasteiger partial charge is 0.305 e. The molecule has 0 aliphatic rings. The Morgan fingerprint density at radius 1 is 1.30 bits per heavy atom. The molecule has 0 radical (unpaired) electrons. The Labute approximate surface area is 137 Å². The Balaban J connectivity index is 2.46. The van der Waals surface area contributed by atoms with Crippen molar-refractivity contribution in [3.8, 4) is 0 Å². The summed E-state index contributed by atoms with van der Waals surface area (Å²) in [5.74, 6) is 0.244. The van der Waals surface area contributed by atoms with Crippen LogP contribution in [0, 0.1) is 12.7 Å². The molecule has 0 spiro atoms. The third kappa shape index (κ3) is 7.63. The van der Waals surface area contributed by atoms with E-state index < -0.39 is 0 Å². The molecule has 5 nitrogen and oxygen atoms in total. The van der Waals surface area contributed by atoms with Gasteiger partial charge < -0.3 is 15.4 Å². The van der Waals surface area contributed by atoms with Gasteiger partial charge in [0.2, 0.25) is 0 Å². The van der Waals surface area contributed by atoms with Crippen molar-refractivity contribution in [2.75, 3.05) is 19.7 Å². The van der Waals surface area contributed by atoms with E-state index in [1.54, 1.807) is 19.9 Å². The summed E-state index contributed by atoms with van der Waals surface area (Å²) < 4.78 is 18.4. The van der Waals surface area contributed by atoms with Gasteiger partial charge in [0.1, 0.15) is 5.82 Å². The van der Waals surface area contributed by atoms with Crippen molar-refractivity contribution in [1.82, 2.24) is 10.6 Å². The molecule has 0 amide bonds. The molecule has 0 heterocycles. The largest absolute Gasteiger partial charge is 0.466 e. The molecule has 0 aliphatic heterocycles. The number of nitrogens with one attached hydrogen (secondary N) is 2. The lowest BCUT2D eigenvalue weighted by Crippen LogP contribution is -2.37. The Bertz CT molecular complexity index is 533. The lowest BCUT2D eigenvalue weighted by Gasteiger charge is -2.11. The summed E-state index contributed by atoms with van der Waals surface area (Å²) >= 11 is 0. The van der Waals surface area contributed by atoms with Gasteiger partial charge in [-0.2, -0.15) is 0 Å². The van der Waals surface area contributed by atoms with E-state index in [1.807, 2.05) is 13.0 Å². The molecule has 23 heavy (non-hydrogen) atoms. The minimum absolute atomic E-state index is 0.189. The number of aryl methyl sites for hydroxylation is 1. The number of halogens is 1. The van der Waals surface area contributed by atoms with Crippen LogP contribution < -0.4 is 10.6 Å². The predicted octanol–water partition coefficient (Wildman–Crippen LogP) is 2.53. The van der Waals surface area contributed by atoms with Gasteiger partial charge in [-0.3, -0.25) is 4.79 Å². The van der Waals surface area contributed by atoms with Gasteiger partial charge >= 0.3 is 5.97 Å². The molecular formula is C17H26FN3O2. The number of aliphatic imine (C=N–C) groups is 1. The van der Waals surface area contributed by atoms with Crippen LogP contribution in [0.4, 0.5) is 4.39 Å². The number of carbonyl (C=O) groups excluding carboxylic acids is 1. The van der Waals surface area contributed by atoms with E-state index in [1.165, 1.54) is 6.07 Å². The van der Waals surface area contributed by atoms with E-state index in [0.717, 1.165) is 12.1 Å². The first-order chi connectivity index (χ1) is 11.1. The number of ether oxygens (including phenoxy) is 1. The lowest BCUT2D eigenvalue weighted by molar-refractivity contribution is -0.143. The molecule has 6 heteroatoms. The molecular weight excluding hydrogens is 297 g/mol. The predicted molar refractivity (Wildman–Crippen MR) is 89.8 cm³/mol. The fourth-order valence-corrected chi connectivity index (χ4v) is 1.92. The Morgan fingerprint density at radius 2 is 2.09 bits per heavy atom. The third-order valence-electron chi connectivity index (χ3n) is 3.16. The average Bonchev–Trinajstić information content (AvgIpc) is 2.52. The third-order valence-corrected chi connectivity index (χ3v) is 3.16. The zero-order valence-corrected chi connectivity index (χ0v) is 14.1. The van der Waals surface area contributed by atoms with Crippen LogP contribution in [0.5, 0.6) is 0 Å². The molecule has 0 atom stereocenters. The van der Waals surface area contributed by atoms with Gasteiger partial charge in [0.15, 0.2) is 5.96 Å². The van der Waals surface area contributed by atoms with Crippen LogP contribution in [0.2, 0.25) is 0 Å². The standard InChI is InChI=1S/C17H26FN3O2/c1-4-19-17(20-10-6-7-16(22)23-5-2)21-12-14-9-8-13(3)15(18)11-14/h8-9,11H,4-7,10,12H2,1-3H3,(H2,19,20,21). The molecule has 1 aromatic rings. The number of nitrogens with zero attached hydrogens (tertiary/aromatic N) is 1. The second-order valence-corrected chi connectivity index (χ2v) is 5.11. The number of guanidine groups is 1. The summed E-state index contributed by atoms with van der Waals surface area (Å²) in [5, 5.41) is 6.27. The Hall–Kier alpha value is -2.11.